The van der Waals surface area contributed by atoms with Gasteiger partial charge < -0.3 is 9.80 Å². The highest BCUT2D eigenvalue weighted by molar-refractivity contribution is 7.26. The van der Waals surface area contributed by atoms with Crippen LogP contribution < -0.4 is 31.4 Å². The van der Waals surface area contributed by atoms with Crippen LogP contribution in [0.1, 0.15) is 208 Å². The van der Waals surface area contributed by atoms with Crippen molar-refractivity contribution in [3.8, 4) is 11.1 Å². The van der Waals surface area contributed by atoms with Crippen LogP contribution in [0.4, 0.5) is 33.4 Å². The lowest BCUT2D eigenvalue weighted by Gasteiger charge is -2.47. The Morgan fingerprint density at radius 3 is 1.46 bits per heavy atom. The number of anilines is 6. The normalized spacial score (nSPS) is 20.1. The van der Waals surface area contributed by atoms with Crippen molar-refractivity contribution in [1.29, 1.82) is 0 Å². The summed E-state index contributed by atoms with van der Waals surface area (Å²) in [4.78, 5) is 5.57. The summed E-state index contributed by atoms with van der Waals surface area (Å²) in [6.07, 6.45) is 7.10. The van der Waals surface area contributed by atoms with E-state index in [1.807, 2.05) is 0 Å². The Labute approximate surface area is 477 Å². The van der Waals surface area contributed by atoms with Gasteiger partial charge in [-0.1, -0.05) is 192 Å². The maximum atomic E-state index is 2.79. The topological polar surface area (TPSA) is 6.48 Å². The highest BCUT2D eigenvalue weighted by Crippen LogP contribution is 2.57. The second-order valence-corrected chi connectivity index (χ2v) is 38.4. The molecule has 0 bridgehead atoms. The molecule has 12 rings (SSSR count). The van der Waals surface area contributed by atoms with Crippen LogP contribution >= 0.6 is 11.3 Å². The average Bonchev–Trinajstić information content (AvgIpc) is 3.94. The fraction of sp³-hybridized carbons (Fsp3) is 0.479. The van der Waals surface area contributed by atoms with Gasteiger partial charge in [-0.2, -0.15) is 0 Å². The quantitative estimate of drug-likeness (QED) is 0.162. The fourth-order valence-corrected chi connectivity index (χ4v) is 17.3. The lowest BCUT2D eigenvalue weighted by Crippen LogP contribution is -2.61. The van der Waals surface area contributed by atoms with Gasteiger partial charge >= 0.3 is 0 Å². The van der Waals surface area contributed by atoms with Gasteiger partial charge in [0.05, 0.1) is 18.8 Å². The summed E-state index contributed by atoms with van der Waals surface area (Å²) in [5.41, 5.74) is 25.5. The summed E-state index contributed by atoms with van der Waals surface area (Å²) < 4.78 is 1.42. The Morgan fingerprint density at radius 1 is 0.436 bits per heavy atom. The zero-order valence-corrected chi connectivity index (χ0v) is 53.7. The summed E-state index contributed by atoms with van der Waals surface area (Å²) in [5, 5.41) is 4.32. The van der Waals surface area contributed by atoms with Crippen molar-refractivity contribution in [2.24, 2.45) is 0 Å². The van der Waals surface area contributed by atoms with Crippen LogP contribution in [0.5, 0.6) is 0 Å². The van der Waals surface area contributed by atoms with Crippen LogP contribution in [0.15, 0.2) is 97.1 Å². The molecule has 2 nitrogen and oxygen atoms in total. The number of rotatable bonds is 4. The van der Waals surface area contributed by atoms with E-state index in [0.717, 1.165) is 6.42 Å². The molecule has 3 aliphatic carbocycles. The number of benzene rings is 6. The zero-order valence-electron chi connectivity index (χ0n) is 51.9. The van der Waals surface area contributed by atoms with Crippen molar-refractivity contribution >= 4 is 91.2 Å². The van der Waals surface area contributed by atoms with Gasteiger partial charge in [0.15, 0.2) is 0 Å². The molecular weight excluding hydrogens is 976 g/mol. The molecule has 406 valence electrons. The third-order valence-electron chi connectivity index (χ3n) is 20.8. The van der Waals surface area contributed by atoms with Crippen LogP contribution in [0.25, 0.3) is 21.2 Å². The van der Waals surface area contributed by atoms with Crippen LogP contribution in [-0.2, 0) is 43.3 Å². The van der Waals surface area contributed by atoms with Crippen molar-refractivity contribution in [2.75, 3.05) is 9.80 Å². The maximum Gasteiger partial charge on any atom is 0.254 e. The molecule has 0 fully saturated rings. The minimum absolute atomic E-state index is 0.0100. The molecule has 0 unspecified atom stereocenters. The average molecular weight is 1070 g/mol. The number of nitrogens with zero attached hydrogens (tertiary/aromatic N) is 2. The van der Waals surface area contributed by atoms with E-state index < -0.39 is 8.07 Å². The van der Waals surface area contributed by atoms with Crippen molar-refractivity contribution in [3.05, 3.63) is 142 Å². The summed E-state index contributed by atoms with van der Waals surface area (Å²) >= 11 is 2.05. The predicted molar refractivity (Wildman–Crippen MR) is 348 cm³/mol. The van der Waals surface area contributed by atoms with E-state index in [1.165, 1.54) is 153 Å². The van der Waals surface area contributed by atoms with Gasteiger partial charge in [-0.05, 0) is 208 Å². The van der Waals surface area contributed by atoms with Gasteiger partial charge in [0, 0.05) is 33.0 Å². The van der Waals surface area contributed by atoms with E-state index in [0.29, 0.717) is 0 Å². The first-order valence-corrected chi connectivity index (χ1v) is 34.3. The van der Waals surface area contributed by atoms with Crippen LogP contribution in [-0.4, -0.2) is 14.8 Å². The fourth-order valence-electron chi connectivity index (χ4n) is 14.9. The van der Waals surface area contributed by atoms with Gasteiger partial charge in [0.1, 0.15) is 0 Å². The third kappa shape index (κ3) is 8.24. The first-order valence-electron chi connectivity index (χ1n) is 30.0. The zero-order chi connectivity index (χ0) is 56.2. The largest absolute Gasteiger partial charge is 0.311 e. The Hall–Kier alpha value is -4.84. The Morgan fingerprint density at radius 2 is 0.923 bits per heavy atom. The molecule has 7 aromatic rings. The van der Waals surface area contributed by atoms with Gasteiger partial charge in [-0.15, -0.1) is 11.3 Å². The van der Waals surface area contributed by atoms with Gasteiger partial charge in [-0.3, -0.25) is 0 Å². The number of hydrogen-bond donors (Lipinski definition) is 0. The van der Waals surface area contributed by atoms with E-state index in [1.54, 1.807) is 0 Å². The number of hydrogen-bond acceptors (Lipinski definition) is 3. The van der Waals surface area contributed by atoms with Crippen LogP contribution in [0, 0.1) is 0 Å². The molecule has 3 heterocycles. The molecular formula is C73H91BN2SSi. The van der Waals surface area contributed by atoms with E-state index in [9.17, 15) is 0 Å². The van der Waals surface area contributed by atoms with Crippen LogP contribution in [0.2, 0.25) is 19.6 Å². The molecule has 0 saturated carbocycles. The summed E-state index contributed by atoms with van der Waals surface area (Å²) in [5.74, 6) is 0. The highest BCUT2D eigenvalue weighted by atomic mass is 32.1. The van der Waals surface area contributed by atoms with Crippen molar-refractivity contribution in [3.63, 3.8) is 0 Å². The van der Waals surface area contributed by atoms with Crippen molar-refractivity contribution < 1.29 is 0 Å². The van der Waals surface area contributed by atoms with Crippen molar-refractivity contribution in [1.82, 2.24) is 0 Å². The second-order valence-electron chi connectivity index (χ2n) is 32.3. The predicted octanol–water partition coefficient (Wildman–Crippen LogP) is 18.8. The molecule has 0 saturated heterocycles. The van der Waals surface area contributed by atoms with Crippen LogP contribution in [0.3, 0.4) is 0 Å². The van der Waals surface area contributed by atoms with Gasteiger partial charge in [0.25, 0.3) is 6.71 Å². The third-order valence-corrected chi connectivity index (χ3v) is 24.0. The molecule has 2 aliphatic heterocycles. The Balaban J connectivity index is 1.25. The van der Waals surface area contributed by atoms with E-state index >= 15 is 0 Å². The lowest BCUT2D eigenvalue weighted by molar-refractivity contribution is 0.332. The second kappa shape index (κ2) is 16.9. The highest BCUT2D eigenvalue weighted by Gasteiger charge is 2.49. The van der Waals surface area contributed by atoms with E-state index in [4.69, 9.17) is 0 Å². The molecule has 0 radical (unpaired) electrons. The molecule has 78 heavy (non-hydrogen) atoms. The number of fused-ring (bicyclic) bond motifs is 9. The summed E-state index contributed by atoms with van der Waals surface area (Å²) in [6, 6.07) is 41.2. The SMILES string of the molecule is CC(C)(C)c1ccc2c(c1)B1c3c(cc(C(C)(C)C)cc3N(c3ccc4c(c3)C(C)(C)CCC4(C)C)c3sc4cc5c(cc4c31)C(C)(C)CCC5(C)C)N2c1cc2c(cc1-c1ccc([Si](C)(C)C)cc1)C(C)(C)CCC2(C)C. The lowest BCUT2D eigenvalue weighted by atomic mass is 9.33. The summed E-state index contributed by atoms with van der Waals surface area (Å²) in [6.45, 7) is 51.9. The molecule has 0 amide bonds. The Kier molecular flexibility index (Phi) is 11.6. The molecule has 0 spiro atoms. The van der Waals surface area contributed by atoms with Gasteiger partial charge in [-0.25, -0.2) is 0 Å². The van der Waals surface area contributed by atoms with E-state index in [-0.39, 0.29) is 50.0 Å². The molecule has 6 aromatic carbocycles. The monoisotopic (exact) mass is 1070 g/mol. The molecule has 1 aromatic heterocycles. The summed E-state index contributed by atoms with van der Waals surface area (Å²) in [7, 11) is -1.56. The molecule has 5 heteroatoms. The molecule has 0 atom stereocenters. The molecule has 5 aliphatic rings. The standard InChI is InChI=1S/C73H91BN2SSi/c1-66(2,3)45-24-29-58-57(36-45)74-63-50-41-54-56(73(17,18)35-33-71(54,13)14)43-62(50)77-65(63)75(47-25-28-51-52(39-47)69(9,10)31-30-68(51,7)8)60-37-46(67(4,5)6)38-61(64(60)74)76(58)59-42-55-53(70(11,12)32-34-72(55,15)16)40-49(59)44-22-26-48(27-23-44)78(19,20)21/h22-29,36-43H,30-35H2,1-21H3. The number of thiophene rings is 1. The molecule has 0 N–H and O–H groups in total. The first-order chi connectivity index (χ1) is 36.0. The van der Waals surface area contributed by atoms with E-state index in [2.05, 4.69) is 262 Å². The minimum atomic E-state index is -1.56. The first kappa shape index (κ1) is 53.8. The van der Waals surface area contributed by atoms with Gasteiger partial charge in [0.2, 0.25) is 0 Å². The smallest absolute Gasteiger partial charge is 0.254 e. The Bertz CT molecular complexity index is 3650. The van der Waals surface area contributed by atoms with Crippen molar-refractivity contribution in [2.45, 2.75) is 226 Å². The maximum absolute atomic E-state index is 2.79. The minimum Gasteiger partial charge on any atom is -0.311 e.